The Kier molecular flexibility index (Phi) is 39.3. The maximum absolute atomic E-state index is 11.0. The summed E-state index contributed by atoms with van der Waals surface area (Å²) in [6, 6.07) is 0.809. The van der Waals surface area contributed by atoms with Gasteiger partial charge in [0.1, 0.15) is 6.61 Å². The zero-order valence-corrected chi connectivity index (χ0v) is 28.7. The molecule has 0 bridgehead atoms. The van der Waals surface area contributed by atoms with Gasteiger partial charge in [0.05, 0.1) is 13.2 Å². The van der Waals surface area contributed by atoms with Crippen LogP contribution in [0, 0.1) is 0 Å². The highest BCUT2D eigenvalue weighted by atomic mass is 35.5. The summed E-state index contributed by atoms with van der Waals surface area (Å²) >= 11 is 4.87. The van der Waals surface area contributed by atoms with Gasteiger partial charge in [0.2, 0.25) is 5.24 Å². The van der Waals surface area contributed by atoms with Gasteiger partial charge in [-0.3, -0.25) is 4.79 Å². The van der Waals surface area contributed by atoms with Crippen LogP contribution in [-0.2, 0) is 41.6 Å². The van der Waals surface area contributed by atoms with E-state index in [-0.39, 0.29) is 25.2 Å². The maximum atomic E-state index is 11.0. The van der Waals surface area contributed by atoms with E-state index in [1.165, 1.54) is 12.2 Å². The third-order valence-electron chi connectivity index (χ3n) is 4.03. The van der Waals surface area contributed by atoms with Gasteiger partial charge in [-0.05, 0) is 57.9 Å². The van der Waals surface area contributed by atoms with Gasteiger partial charge in [-0.2, -0.15) is 0 Å². The number of esters is 2. The predicted octanol–water partition coefficient (Wildman–Crippen LogP) is 4.77. The van der Waals surface area contributed by atoms with Crippen molar-refractivity contribution >= 4 is 46.6 Å². The highest BCUT2D eigenvalue weighted by Crippen LogP contribution is 2.13. The molecule has 0 aromatic carbocycles. The van der Waals surface area contributed by atoms with Gasteiger partial charge in [-0.1, -0.05) is 38.5 Å². The Balaban J connectivity index is -0.000000139. The summed E-state index contributed by atoms with van der Waals surface area (Å²) in [4.78, 5) is 31.4. The second-order valence-corrected chi connectivity index (χ2v) is 13.8. The topological polar surface area (TPSA) is 127 Å². The molecule has 10 nitrogen and oxygen atoms in total. The molecule has 0 aromatic heterocycles. The average molecular weight is 627 g/mol. The van der Waals surface area contributed by atoms with Crippen molar-refractivity contribution in [3.63, 3.8) is 0 Å². The van der Waals surface area contributed by atoms with Gasteiger partial charge >= 0.3 is 29.8 Å². The quantitative estimate of drug-likeness (QED) is 0.0719. The van der Waals surface area contributed by atoms with E-state index in [1.54, 1.807) is 49.2 Å². The molecule has 0 amide bonds. The molecule has 0 aromatic rings. The molecule has 0 spiro atoms. The molecule has 0 aliphatic carbocycles. The average Bonchev–Trinajstić information content (AvgIpc) is 2.94. The van der Waals surface area contributed by atoms with Crippen molar-refractivity contribution in [2.75, 3.05) is 48.3 Å². The zero-order chi connectivity index (χ0) is 32.7. The Morgan fingerprint density at radius 1 is 0.850 bits per heavy atom. The number of carbonyl (C=O) groups excluding carboxylic acids is 3. The predicted molar refractivity (Wildman–Crippen MR) is 167 cm³/mol. The van der Waals surface area contributed by atoms with E-state index < -0.39 is 23.1 Å². The number of hydrogen-bond donors (Lipinski definition) is 1. The number of halogens is 1. The Labute approximate surface area is 249 Å². The second kappa shape index (κ2) is 33.0. The smallest absolute Gasteiger partial charge is 0.334 e. The molecule has 40 heavy (non-hydrogen) atoms. The first-order chi connectivity index (χ1) is 18.5. The minimum absolute atomic E-state index is 0.0833. The fourth-order valence-corrected chi connectivity index (χ4v) is 2.88. The second-order valence-electron chi connectivity index (χ2n) is 7.79. The zero-order valence-electron chi connectivity index (χ0n) is 25.8. The number of aliphatic hydroxyl groups excluding tert-OH is 1. The number of hydrogen-bond acceptors (Lipinski definition) is 10. The number of allylic oxidation sites excluding steroid dienone is 1. The molecule has 0 unspecified atom stereocenters. The summed E-state index contributed by atoms with van der Waals surface area (Å²) < 4.78 is 29.8. The Bertz CT molecular complexity index is 738. The van der Waals surface area contributed by atoms with Crippen LogP contribution < -0.4 is 0 Å². The first-order valence-electron chi connectivity index (χ1n) is 12.0. The number of carbonyl (C=O) groups is 3. The van der Waals surface area contributed by atoms with Gasteiger partial charge in [-0.25, -0.2) is 9.59 Å². The van der Waals surface area contributed by atoms with E-state index in [0.717, 1.165) is 12.5 Å². The molecule has 0 fully saturated rings. The molecule has 0 aliphatic heterocycles. The van der Waals surface area contributed by atoms with E-state index in [1.807, 2.05) is 13.1 Å². The van der Waals surface area contributed by atoms with Crippen LogP contribution in [0.25, 0.3) is 0 Å². The molecule has 13 heteroatoms. The van der Waals surface area contributed by atoms with Gasteiger partial charge in [-0.15, -0.1) is 6.58 Å². The SMILES string of the molecule is C=C(C)C(=O)Cl.C=C(C)C(=O)OCCC[Si](C)(OC)OC.C=CCO.C=CCOC(=O)C(=C)C.CO[SiH](C)OC. The minimum atomic E-state index is -2.01. The molecule has 0 saturated carbocycles. The van der Waals surface area contributed by atoms with Crippen molar-refractivity contribution in [2.24, 2.45) is 0 Å². The van der Waals surface area contributed by atoms with Crippen LogP contribution in [0.2, 0.25) is 19.1 Å². The van der Waals surface area contributed by atoms with Crippen LogP contribution in [0.15, 0.2) is 61.8 Å². The van der Waals surface area contributed by atoms with Gasteiger partial charge < -0.3 is 32.3 Å². The molecule has 0 heterocycles. The summed E-state index contributed by atoms with van der Waals surface area (Å²) in [5, 5.41) is 7.29. The van der Waals surface area contributed by atoms with E-state index >= 15 is 0 Å². The summed E-state index contributed by atoms with van der Waals surface area (Å²) in [5.74, 6) is -0.705. The van der Waals surface area contributed by atoms with Gasteiger partial charge in [0, 0.05) is 45.2 Å². The van der Waals surface area contributed by atoms with Crippen LogP contribution in [-0.4, -0.2) is 88.4 Å². The summed E-state index contributed by atoms with van der Waals surface area (Å²) in [6.45, 7) is 26.3. The lowest BCUT2D eigenvalue weighted by Crippen LogP contribution is -2.36. The summed E-state index contributed by atoms with van der Waals surface area (Å²) in [5.41, 5.74) is 1.22. The molecular weight excluding hydrogens is 576 g/mol. The van der Waals surface area contributed by atoms with Crippen LogP contribution in [0.1, 0.15) is 27.2 Å². The van der Waals surface area contributed by atoms with Crippen LogP contribution in [0.3, 0.4) is 0 Å². The lowest BCUT2D eigenvalue weighted by atomic mass is 10.4. The van der Waals surface area contributed by atoms with Crippen molar-refractivity contribution in [1.82, 2.24) is 0 Å². The lowest BCUT2D eigenvalue weighted by molar-refractivity contribution is -0.139. The maximum Gasteiger partial charge on any atom is 0.334 e. The van der Waals surface area contributed by atoms with E-state index in [9.17, 15) is 14.4 Å². The largest absolute Gasteiger partial charge is 0.462 e. The molecule has 0 radical (unpaired) electrons. The highest BCUT2D eigenvalue weighted by molar-refractivity contribution is 6.67. The Hall–Kier alpha value is -2.17. The molecule has 1 N–H and O–H groups in total. The Morgan fingerprint density at radius 2 is 1.23 bits per heavy atom. The molecular formula is C27H51ClO10Si2. The first kappa shape index (κ1) is 47.6. The molecule has 0 aliphatic rings. The van der Waals surface area contributed by atoms with Crippen molar-refractivity contribution < 1.29 is 46.7 Å². The monoisotopic (exact) mass is 626 g/mol. The van der Waals surface area contributed by atoms with Crippen LogP contribution in [0.5, 0.6) is 0 Å². The third kappa shape index (κ3) is 40.3. The fraction of sp³-hybridized carbons (Fsp3) is 0.519. The van der Waals surface area contributed by atoms with Crippen LogP contribution >= 0.6 is 11.6 Å². The van der Waals surface area contributed by atoms with E-state index in [4.69, 9.17) is 39.1 Å². The van der Waals surface area contributed by atoms with Crippen molar-refractivity contribution in [1.29, 1.82) is 0 Å². The van der Waals surface area contributed by atoms with Crippen molar-refractivity contribution in [2.45, 2.75) is 46.3 Å². The van der Waals surface area contributed by atoms with E-state index in [0.29, 0.717) is 23.3 Å². The molecule has 0 rings (SSSR count). The first-order valence-corrected chi connectivity index (χ1v) is 17.0. The number of ether oxygens (including phenoxy) is 2. The van der Waals surface area contributed by atoms with Crippen LogP contribution in [0.4, 0.5) is 0 Å². The Morgan fingerprint density at radius 3 is 1.45 bits per heavy atom. The van der Waals surface area contributed by atoms with Gasteiger partial charge in [0.25, 0.3) is 0 Å². The standard InChI is InChI=1S/C10H20O4Si.C7H10O2.C4H5ClO.C3H10O2Si.C3H6O/c1-9(2)10(11)14-7-6-8-15(5,12-3)13-4;1-4-5-9-7(8)6(2)3;1-3(2)4(5)6;1-4-6(3)5-2;1-2-3-4/h1,6-8H2,2-5H3;4H,1-2,5H2,3H3;1H2,2H3;6H,1-3H3;2,4H,1,3H2. The fourth-order valence-electron chi connectivity index (χ4n) is 1.32. The number of rotatable bonds is 14. The molecule has 234 valence electrons. The minimum Gasteiger partial charge on any atom is -0.462 e. The third-order valence-corrected chi connectivity index (χ3v) is 8.67. The summed E-state index contributed by atoms with van der Waals surface area (Å²) in [6.07, 6.45) is 3.70. The van der Waals surface area contributed by atoms with E-state index in [2.05, 4.69) is 37.6 Å². The highest BCUT2D eigenvalue weighted by Gasteiger charge is 2.27. The lowest BCUT2D eigenvalue weighted by Gasteiger charge is -2.22. The number of aliphatic hydroxyl groups is 1. The van der Waals surface area contributed by atoms with Crippen molar-refractivity contribution in [3.05, 3.63) is 61.8 Å². The summed E-state index contributed by atoms with van der Waals surface area (Å²) in [7, 11) is 3.46. The normalized spacial score (nSPS) is 9.30. The molecule has 0 atom stereocenters. The van der Waals surface area contributed by atoms with Crippen molar-refractivity contribution in [3.8, 4) is 0 Å². The van der Waals surface area contributed by atoms with Gasteiger partial charge in [0.15, 0.2) is 0 Å². The molecule has 0 saturated heterocycles.